The van der Waals surface area contributed by atoms with E-state index in [9.17, 15) is 26.3 Å². The van der Waals surface area contributed by atoms with Crippen LogP contribution < -0.4 is 9.47 Å². The van der Waals surface area contributed by atoms with E-state index in [4.69, 9.17) is 4.74 Å². The predicted molar refractivity (Wildman–Crippen MR) is 107 cm³/mol. The molecule has 2 rings (SSSR count). The first-order valence-electron chi connectivity index (χ1n) is 9.90. The fraction of sp³-hybridized carbons (Fsp3) is 0.455. The average molecular weight is 465 g/mol. The third-order valence-corrected chi connectivity index (χ3v) is 4.54. The van der Waals surface area contributed by atoms with Gasteiger partial charge < -0.3 is 14.2 Å². The zero-order valence-electron chi connectivity index (χ0n) is 17.5. The predicted octanol–water partition coefficient (Wildman–Crippen LogP) is 5.61. The Bertz CT molecular complexity index is 818. The number of rotatable bonds is 13. The van der Waals surface area contributed by atoms with Crippen molar-refractivity contribution in [1.82, 2.24) is 4.90 Å². The minimum absolute atomic E-state index is 0.152. The topological polar surface area (TPSA) is 30.9 Å². The number of alkyl halides is 6. The molecule has 0 amide bonds. The Morgan fingerprint density at radius 1 is 1.00 bits per heavy atom. The Morgan fingerprint density at radius 3 is 2.44 bits per heavy atom. The van der Waals surface area contributed by atoms with Gasteiger partial charge >= 0.3 is 13.0 Å². The van der Waals surface area contributed by atoms with Gasteiger partial charge in [-0.05, 0) is 55.6 Å². The average Bonchev–Trinajstić information content (AvgIpc) is 2.73. The largest absolute Gasteiger partial charge is 0.573 e. The first-order chi connectivity index (χ1) is 15.2. The van der Waals surface area contributed by atoms with Crippen molar-refractivity contribution in [1.29, 1.82) is 0 Å². The van der Waals surface area contributed by atoms with Crippen LogP contribution >= 0.6 is 0 Å². The van der Waals surface area contributed by atoms with Gasteiger partial charge in [0.1, 0.15) is 24.9 Å². The molecule has 1 unspecified atom stereocenters. The standard InChI is InChI=1S/C22H25F6NO3/c1-29(15-23)12-11-19(31-21(24)25)14-30-20-8-3-2-6-17(20)10-9-16-5-4-7-18(13-16)32-22(26,27)28/h2-8,13,19,21H,9-12,14-15H2,1H3. The molecule has 0 N–H and O–H groups in total. The number of ether oxygens (including phenoxy) is 3. The highest BCUT2D eigenvalue weighted by Gasteiger charge is 2.31. The van der Waals surface area contributed by atoms with Crippen LogP contribution in [0.4, 0.5) is 26.3 Å². The second kappa shape index (κ2) is 12.5. The van der Waals surface area contributed by atoms with Crippen LogP contribution in [0.5, 0.6) is 11.5 Å². The third kappa shape index (κ3) is 9.78. The fourth-order valence-corrected chi connectivity index (χ4v) is 2.97. The van der Waals surface area contributed by atoms with Crippen LogP contribution in [0.25, 0.3) is 0 Å². The Kier molecular flexibility index (Phi) is 10.1. The summed E-state index contributed by atoms with van der Waals surface area (Å²) in [4.78, 5) is 1.33. The second-order valence-corrected chi connectivity index (χ2v) is 7.12. The van der Waals surface area contributed by atoms with Crippen molar-refractivity contribution in [3.05, 3.63) is 59.7 Å². The molecule has 0 aliphatic rings. The normalized spacial score (nSPS) is 12.9. The van der Waals surface area contributed by atoms with E-state index in [1.807, 2.05) is 0 Å². The maximum Gasteiger partial charge on any atom is 0.573 e. The molecule has 178 valence electrons. The van der Waals surface area contributed by atoms with Gasteiger partial charge in [-0.15, -0.1) is 13.2 Å². The third-order valence-electron chi connectivity index (χ3n) is 4.54. The van der Waals surface area contributed by atoms with Gasteiger partial charge in [0, 0.05) is 6.54 Å². The summed E-state index contributed by atoms with van der Waals surface area (Å²) in [6.45, 7) is -3.63. The van der Waals surface area contributed by atoms with Gasteiger partial charge in [0.05, 0.1) is 6.10 Å². The lowest BCUT2D eigenvalue weighted by Crippen LogP contribution is -2.29. The van der Waals surface area contributed by atoms with Crippen LogP contribution in [0.2, 0.25) is 0 Å². The zero-order chi connectivity index (χ0) is 23.6. The number of halogens is 6. The molecule has 0 aromatic heterocycles. The monoisotopic (exact) mass is 465 g/mol. The van der Waals surface area contributed by atoms with E-state index in [0.717, 1.165) is 5.56 Å². The molecule has 1 atom stereocenters. The van der Waals surface area contributed by atoms with Gasteiger partial charge in [-0.2, -0.15) is 8.78 Å². The number of benzene rings is 2. The van der Waals surface area contributed by atoms with Crippen LogP contribution in [0.15, 0.2) is 48.5 Å². The van der Waals surface area contributed by atoms with E-state index in [2.05, 4.69) is 9.47 Å². The zero-order valence-corrected chi connectivity index (χ0v) is 17.5. The lowest BCUT2D eigenvalue weighted by molar-refractivity contribution is -0.274. The molecular formula is C22H25F6NO3. The number of nitrogens with zero attached hydrogens (tertiary/aromatic N) is 1. The van der Waals surface area contributed by atoms with Crippen molar-refractivity contribution in [3.63, 3.8) is 0 Å². The second-order valence-electron chi connectivity index (χ2n) is 7.12. The molecule has 0 spiro atoms. The van der Waals surface area contributed by atoms with Gasteiger partial charge in [-0.25, -0.2) is 4.39 Å². The Morgan fingerprint density at radius 2 is 1.75 bits per heavy atom. The van der Waals surface area contributed by atoms with E-state index < -0.39 is 25.9 Å². The van der Waals surface area contributed by atoms with Crippen molar-refractivity contribution in [2.45, 2.75) is 38.3 Å². The first-order valence-corrected chi connectivity index (χ1v) is 9.90. The first kappa shape index (κ1) is 25.8. The van der Waals surface area contributed by atoms with Crippen LogP contribution in [0.3, 0.4) is 0 Å². The van der Waals surface area contributed by atoms with Crippen molar-refractivity contribution >= 4 is 0 Å². The molecular weight excluding hydrogens is 440 g/mol. The molecule has 10 heteroatoms. The molecule has 0 saturated carbocycles. The van der Waals surface area contributed by atoms with Gasteiger partial charge in [0.2, 0.25) is 0 Å². The molecule has 0 radical (unpaired) electrons. The minimum atomic E-state index is -4.77. The van der Waals surface area contributed by atoms with Crippen molar-refractivity contribution in [3.8, 4) is 11.5 Å². The summed E-state index contributed by atoms with van der Waals surface area (Å²) in [7, 11) is 1.52. The maximum absolute atomic E-state index is 12.7. The molecule has 0 aliphatic heterocycles. The summed E-state index contributed by atoms with van der Waals surface area (Å²) in [6.07, 6.45) is -4.70. The minimum Gasteiger partial charge on any atom is -0.491 e. The molecule has 32 heavy (non-hydrogen) atoms. The molecule has 0 heterocycles. The molecule has 0 fully saturated rings. The molecule has 2 aromatic carbocycles. The molecule has 4 nitrogen and oxygen atoms in total. The summed E-state index contributed by atoms with van der Waals surface area (Å²) >= 11 is 0. The Labute approximate surface area is 182 Å². The number of hydrogen-bond acceptors (Lipinski definition) is 4. The summed E-state index contributed by atoms with van der Waals surface area (Å²) in [6, 6.07) is 12.6. The van der Waals surface area contributed by atoms with Crippen LogP contribution in [0.1, 0.15) is 17.5 Å². The SMILES string of the molecule is CN(CF)CCC(COc1ccccc1CCc1cccc(OC(F)(F)F)c1)OC(F)F. The van der Waals surface area contributed by atoms with E-state index in [0.29, 0.717) is 24.2 Å². The molecule has 0 aliphatic carbocycles. The van der Waals surface area contributed by atoms with Crippen LogP contribution in [0, 0.1) is 0 Å². The number of aryl methyl sites for hydroxylation is 2. The Hall–Kier alpha value is -2.46. The van der Waals surface area contributed by atoms with Gasteiger partial charge in [-0.1, -0.05) is 30.3 Å². The quantitative estimate of drug-likeness (QED) is 0.284. The summed E-state index contributed by atoms with van der Waals surface area (Å²) in [5.41, 5.74) is 1.39. The highest BCUT2D eigenvalue weighted by atomic mass is 19.4. The maximum atomic E-state index is 12.7. The molecule has 0 bridgehead atoms. The van der Waals surface area contributed by atoms with Crippen LogP contribution in [-0.2, 0) is 17.6 Å². The lowest BCUT2D eigenvalue weighted by atomic mass is 10.0. The lowest BCUT2D eigenvalue weighted by Gasteiger charge is -2.21. The number of para-hydroxylation sites is 1. The fourth-order valence-electron chi connectivity index (χ4n) is 2.97. The smallest absolute Gasteiger partial charge is 0.491 e. The number of hydrogen-bond donors (Lipinski definition) is 0. The van der Waals surface area contributed by atoms with E-state index in [-0.39, 0.29) is 25.3 Å². The Balaban J connectivity index is 1.99. The molecule has 2 aromatic rings. The highest BCUT2D eigenvalue weighted by molar-refractivity contribution is 5.35. The highest BCUT2D eigenvalue weighted by Crippen LogP contribution is 2.25. The van der Waals surface area contributed by atoms with E-state index in [1.165, 1.54) is 30.1 Å². The summed E-state index contributed by atoms with van der Waals surface area (Å²) in [5.74, 6) is 0.154. The van der Waals surface area contributed by atoms with E-state index in [1.54, 1.807) is 30.3 Å². The van der Waals surface area contributed by atoms with Crippen LogP contribution in [-0.4, -0.2) is 51.0 Å². The van der Waals surface area contributed by atoms with E-state index >= 15 is 0 Å². The van der Waals surface area contributed by atoms with Crippen molar-refractivity contribution in [2.75, 3.05) is 27.0 Å². The van der Waals surface area contributed by atoms with Gasteiger partial charge in [-0.3, -0.25) is 4.90 Å². The molecule has 0 saturated heterocycles. The van der Waals surface area contributed by atoms with Crippen molar-refractivity contribution in [2.24, 2.45) is 0 Å². The summed E-state index contributed by atoms with van der Waals surface area (Å²) in [5, 5.41) is 0. The summed E-state index contributed by atoms with van der Waals surface area (Å²) < 4.78 is 89.4. The van der Waals surface area contributed by atoms with Gasteiger partial charge in [0.15, 0.2) is 0 Å². The van der Waals surface area contributed by atoms with Crippen molar-refractivity contribution < 1.29 is 40.6 Å². The van der Waals surface area contributed by atoms with Gasteiger partial charge in [0.25, 0.3) is 0 Å².